The number of rotatable bonds is 5. The minimum atomic E-state index is -0.568. The molecular formula is C11H12O4. The van der Waals surface area contributed by atoms with Crippen LogP contribution in [0.4, 0.5) is 0 Å². The normalized spacial score (nSPS) is 9.67. The monoisotopic (exact) mass is 208 g/mol. The molecule has 1 N–H and O–H groups in total. The molecule has 15 heavy (non-hydrogen) atoms. The Bertz CT molecular complexity index is 332. The van der Waals surface area contributed by atoms with Crippen LogP contribution < -0.4 is 0 Å². The minimum Gasteiger partial charge on any atom is -0.457 e. The van der Waals surface area contributed by atoms with Gasteiger partial charge in [0.15, 0.2) is 12.4 Å². The molecule has 0 saturated carbocycles. The third kappa shape index (κ3) is 3.91. The van der Waals surface area contributed by atoms with Crippen LogP contribution >= 0.6 is 0 Å². The number of hydrogen-bond donors (Lipinski definition) is 1. The Kier molecular flexibility index (Phi) is 4.50. The van der Waals surface area contributed by atoms with Gasteiger partial charge < -0.3 is 9.84 Å². The van der Waals surface area contributed by atoms with Crippen LogP contribution in [0.1, 0.15) is 16.8 Å². The zero-order chi connectivity index (χ0) is 11.1. The van der Waals surface area contributed by atoms with Gasteiger partial charge in [-0.1, -0.05) is 30.3 Å². The SMILES string of the molecule is O=C(CCO)OCC(=O)c1ccccc1. The van der Waals surface area contributed by atoms with Crippen LogP contribution in [0.2, 0.25) is 0 Å². The van der Waals surface area contributed by atoms with E-state index in [2.05, 4.69) is 4.74 Å². The molecule has 80 valence electrons. The van der Waals surface area contributed by atoms with Gasteiger partial charge in [0.2, 0.25) is 0 Å². The van der Waals surface area contributed by atoms with Crippen LogP contribution in [0, 0.1) is 0 Å². The van der Waals surface area contributed by atoms with Gasteiger partial charge >= 0.3 is 5.97 Å². The average molecular weight is 208 g/mol. The van der Waals surface area contributed by atoms with E-state index >= 15 is 0 Å². The topological polar surface area (TPSA) is 63.6 Å². The molecule has 4 heteroatoms. The summed E-state index contributed by atoms with van der Waals surface area (Å²) in [6.45, 7) is -0.540. The lowest BCUT2D eigenvalue weighted by Gasteiger charge is -2.02. The lowest BCUT2D eigenvalue weighted by molar-refractivity contribution is -0.143. The van der Waals surface area contributed by atoms with Crippen molar-refractivity contribution in [3.05, 3.63) is 35.9 Å². The molecule has 0 saturated heterocycles. The maximum atomic E-state index is 11.4. The molecule has 4 nitrogen and oxygen atoms in total. The molecule has 0 amide bonds. The fourth-order valence-corrected chi connectivity index (χ4v) is 1.02. The highest BCUT2D eigenvalue weighted by Gasteiger charge is 2.08. The van der Waals surface area contributed by atoms with Gasteiger partial charge in [-0.15, -0.1) is 0 Å². The van der Waals surface area contributed by atoms with Crippen molar-refractivity contribution in [2.45, 2.75) is 6.42 Å². The Morgan fingerprint density at radius 3 is 2.47 bits per heavy atom. The molecule has 0 fully saturated rings. The lowest BCUT2D eigenvalue weighted by atomic mass is 10.1. The summed E-state index contributed by atoms with van der Waals surface area (Å²) in [5, 5.41) is 8.43. The van der Waals surface area contributed by atoms with Crippen LogP contribution in [0.5, 0.6) is 0 Å². The summed E-state index contributed by atoms with van der Waals surface area (Å²) < 4.78 is 4.65. The second kappa shape index (κ2) is 5.93. The first-order valence-corrected chi connectivity index (χ1v) is 4.59. The summed E-state index contributed by atoms with van der Waals surface area (Å²) in [7, 11) is 0. The van der Waals surface area contributed by atoms with Crippen molar-refractivity contribution in [2.24, 2.45) is 0 Å². The van der Waals surface area contributed by atoms with Crippen LogP contribution in [-0.2, 0) is 9.53 Å². The van der Waals surface area contributed by atoms with E-state index in [1.54, 1.807) is 30.3 Å². The molecule has 0 atom stereocenters. The molecule has 0 aliphatic rings. The number of aliphatic hydroxyl groups excluding tert-OH is 1. The molecule has 0 aliphatic heterocycles. The van der Waals surface area contributed by atoms with Crippen molar-refractivity contribution in [3.8, 4) is 0 Å². The van der Waals surface area contributed by atoms with Gasteiger partial charge in [0, 0.05) is 5.56 Å². The van der Waals surface area contributed by atoms with E-state index < -0.39 is 5.97 Å². The number of aliphatic hydroxyl groups is 1. The Labute approximate surface area is 87.5 Å². The zero-order valence-corrected chi connectivity index (χ0v) is 8.18. The standard InChI is InChI=1S/C11H12O4/c12-7-6-11(14)15-8-10(13)9-4-2-1-3-5-9/h1-5,12H,6-8H2. The van der Waals surface area contributed by atoms with Gasteiger partial charge in [-0.05, 0) is 0 Å². The van der Waals surface area contributed by atoms with Gasteiger partial charge in [-0.3, -0.25) is 9.59 Å². The maximum absolute atomic E-state index is 11.4. The number of carbonyl (C=O) groups excluding carboxylic acids is 2. The molecule has 1 aromatic rings. The Balaban J connectivity index is 2.40. The van der Waals surface area contributed by atoms with E-state index in [1.165, 1.54) is 0 Å². The van der Waals surface area contributed by atoms with Crippen molar-refractivity contribution >= 4 is 11.8 Å². The first kappa shape index (κ1) is 11.4. The molecular weight excluding hydrogens is 196 g/mol. The summed E-state index contributed by atoms with van der Waals surface area (Å²) >= 11 is 0. The van der Waals surface area contributed by atoms with Gasteiger partial charge in [0.25, 0.3) is 0 Å². The van der Waals surface area contributed by atoms with Crippen molar-refractivity contribution in [2.75, 3.05) is 13.2 Å². The molecule has 1 aromatic carbocycles. The summed E-state index contributed by atoms with van der Waals surface area (Å²) in [5.41, 5.74) is 0.509. The Morgan fingerprint density at radius 2 is 1.87 bits per heavy atom. The second-order valence-electron chi connectivity index (χ2n) is 2.92. The van der Waals surface area contributed by atoms with Crippen LogP contribution in [0.3, 0.4) is 0 Å². The maximum Gasteiger partial charge on any atom is 0.308 e. The van der Waals surface area contributed by atoms with Crippen LogP contribution in [0.25, 0.3) is 0 Å². The fourth-order valence-electron chi connectivity index (χ4n) is 1.02. The number of ketones is 1. The van der Waals surface area contributed by atoms with Crippen molar-refractivity contribution < 1.29 is 19.4 Å². The Hall–Kier alpha value is -1.68. The van der Waals surface area contributed by atoms with Gasteiger partial charge in [-0.25, -0.2) is 0 Å². The predicted octanol–water partition coefficient (Wildman–Crippen LogP) is 0.795. The minimum absolute atomic E-state index is 0.0813. The molecule has 0 bridgehead atoms. The van der Waals surface area contributed by atoms with E-state index in [0.29, 0.717) is 5.56 Å². The number of Topliss-reactive ketones (excluding diaryl/α,β-unsaturated/α-hetero) is 1. The number of benzene rings is 1. The number of ether oxygens (including phenoxy) is 1. The van der Waals surface area contributed by atoms with Gasteiger partial charge in [-0.2, -0.15) is 0 Å². The van der Waals surface area contributed by atoms with E-state index in [0.717, 1.165) is 0 Å². The predicted molar refractivity (Wildman–Crippen MR) is 53.4 cm³/mol. The average Bonchev–Trinajstić information content (AvgIpc) is 2.27. The first-order valence-electron chi connectivity index (χ1n) is 4.59. The third-order valence-corrected chi connectivity index (χ3v) is 1.78. The van der Waals surface area contributed by atoms with Crippen molar-refractivity contribution in [1.29, 1.82) is 0 Å². The molecule has 0 unspecified atom stereocenters. The van der Waals surface area contributed by atoms with E-state index in [-0.39, 0.29) is 25.4 Å². The molecule has 0 radical (unpaired) electrons. The lowest BCUT2D eigenvalue weighted by Crippen LogP contribution is -2.14. The van der Waals surface area contributed by atoms with E-state index in [1.807, 2.05) is 0 Å². The number of hydrogen-bond acceptors (Lipinski definition) is 4. The van der Waals surface area contributed by atoms with Crippen LogP contribution in [-0.4, -0.2) is 30.1 Å². The van der Waals surface area contributed by atoms with Gasteiger partial charge in [0.1, 0.15) is 0 Å². The molecule has 0 aromatic heterocycles. The summed E-state index contributed by atoms with van der Waals surface area (Å²) in [6.07, 6.45) is -0.0813. The van der Waals surface area contributed by atoms with E-state index in [9.17, 15) is 9.59 Å². The summed E-state index contributed by atoms with van der Waals surface area (Å²) in [6, 6.07) is 8.59. The highest BCUT2D eigenvalue weighted by Crippen LogP contribution is 2.00. The van der Waals surface area contributed by atoms with Crippen molar-refractivity contribution in [1.82, 2.24) is 0 Å². The van der Waals surface area contributed by atoms with Crippen LogP contribution in [0.15, 0.2) is 30.3 Å². The fraction of sp³-hybridized carbons (Fsp3) is 0.273. The molecule has 1 rings (SSSR count). The quantitative estimate of drug-likeness (QED) is 0.574. The van der Waals surface area contributed by atoms with Crippen molar-refractivity contribution in [3.63, 3.8) is 0 Å². The number of carbonyl (C=O) groups is 2. The highest BCUT2D eigenvalue weighted by molar-refractivity contribution is 5.97. The smallest absolute Gasteiger partial charge is 0.308 e. The van der Waals surface area contributed by atoms with Gasteiger partial charge in [0.05, 0.1) is 13.0 Å². The first-order chi connectivity index (χ1) is 7.24. The third-order valence-electron chi connectivity index (χ3n) is 1.78. The van der Waals surface area contributed by atoms with E-state index in [4.69, 9.17) is 5.11 Å². The molecule has 0 aliphatic carbocycles. The largest absolute Gasteiger partial charge is 0.457 e. The highest BCUT2D eigenvalue weighted by atomic mass is 16.5. The number of esters is 1. The molecule has 0 spiro atoms. The molecule has 0 heterocycles. The Morgan fingerprint density at radius 1 is 1.20 bits per heavy atom. The second-order valence-corrected chi connectivity index (χ2v) is 2.92. The zero-order valence-electron chi connectivity index (χ0n) is 8.18. The summed E-state index contributed by atoms with van der Waals surface area (Å²) in [4.78, 5) is 22.3. The summed E-state index contributed by atoms with van der Waals surface area (Å²) in [5.74, 6) is -0.816.